The summed E-state index contributed by atoms with van der Waals surface area (Å²) in [5.74, 6) is 2.36. The van der Waals surface area contributed by atoms with Gasteiger partial charge in [-0.1, -0.05) is 6.42 Å². The zero-order valence-corrected chi connectivity index (χ0v) is 14.3. The van der Waals surface area contributed by atoms with Crippen molar-refractivity contribution in [3.63, 3.8) is 0 Å². The Hall–Kier alpha value is -1.56. The molecule has 0 bridgehead atoms. The molecule has 1 atom stereocenters. The molecular weight excluding hydrogens is 278 g/mol. The Kier molecular flexibility index (Phi) is 6.24. The number of piperidine rings is 1. The van der Waals surface area contributed by atoms with Crippen molar-refractivity contribution in [3.05, 3.63) is 17.3 Å². The van der Waals surface area contributed by atoms with E-state index in [1.165, 1.54) is 25.8 Å². The number of aliphatic imine (C=N–C) groups is 1. The lowest BCUT2D eigenvalue weighted by Gasteiger charge is -2.33. The summed E-state index contributed by atoms with van der Waals surface area (Å²) in [6.07, 6.45) is 4.00. The fourth-order valence-corrected chi connectivity index (χ4v) is 2.80. The van der Waals surface area contributed by atoms with E-state index in [1.54, 1.807) is 7.05 Å². The van der Waals surface area contributed by atoms with Crippen LogP contribution in [0.25, 0.3) is 0 Å². The molecule has 22 heavy (non-hydrogen) atoms. The third-order valence-corrected chi connectivity index (χ3v) is 4.34. The Balaban J connectivity index is 1.71. The quantitative estimate of drug-likeness (QED) is 0.642. The van der Waals surface area contributed by atoms with Gasteiger partial charge >= 0.3 is 0 Å². The van der Waals surface area contributed by atoms with Crippen molar-refractivity contribution in [2.24, 2.45) is 4.99 Å². The summed E-state index contributed by atoms with van der Waals surface area (Å²) in [4.78, 5) is 11.1. The van der Waals surface area contributed by atoms with E-state index in [2.05, 4.69) is 32.4 Å². The van der Waals surface area contributed by atoms with Crippen LogP contribution in [0.5, 0.6) is 0 Å². The van der Waals surface area contributed by atoms with Crippen molar-refractivity contribution in [3.8, 4) is 0 Å². The minimum absolute atomic E-state index is 0.550. The monoisotopic (exact) mass is 307 g/mol. The van der Waals surface area contributed by atoms with Gasteiger partial charge in [-0.3, -0.25) is 9.89 Å². The molecule has 1 aromatic heterocycles. The second-order valence-electron chi connectivity index (χ2n) is 5.98. The van der Waals surface area contributed by atoms with Crippen molar-refractivity contribution < 1.29 is 4.42 Å². The summed E-state index contributed by atoms with van der Waals surface area (Å²) in [6.45, 7) is 9.91. The number of nitrogens with zero attached hydrogens (tertiary/aromatic N) is 3. The van der Waals surface area contributed by atoms with Crippen LogP contribution < -0.4 is 10.6 Å². The number of likely N-dealkylation sites (tertiary alicyclic amines) is 1. The van der Waals surface area contributed by atoms with E-state index in [-0.39, 0.29) is 0 Å². The van der Waals surface area contributed by atoms with E-state index in [4.69, 9.17) is 4.42 Å². The van der Waals surface area contributed by atoms with E-state index < -0.39 is 0 Å². The molecule has 1 aliphatic heterocycles. The summed E-state index contributed by atoms with van der Waals surface area (Å²) in [6, 6.07) is 0.698. The first-order chi connectivity index (χ1) is 10.6. The van der Waals surface area contributed by atoms with Crippen LogP contribution >= 0.6 is 0 Å². The number of hydrogen-bond acceptors (Lipinski definition) is 4. The average Bonchev–Trinajstić information content (AvgIpc) is 2.83. The lowest BCUT2D eigenvalue weighted by Crippen LogP contribution is -2.45. The molecule has 2 rings (SSSR count). The van der Waals surface area contributed by atoms with Crippen LogP contribution in [0.2, 0.25) is 0 Å². The predicted molar refractivity (Wildman–Crippen MR) is 89.1 cm³/mol. The summed E-state index contributed by atoms with van der Waals surface area (Å²) in [5.41, 5.74) is 0.943. The largest absolute Gasteiger partial charge is 0.444 e. The molecule has 2 heterocycles. The third kappa shape index (κ3) is 4.73. The molecule has 1 fully saturated rings. The summed E-state index contributed by atoms with van der Waals surface area (Å²) in [5, 5.41) is 6.60. The van der Waals surface area contributed by atoms with E-state index in [9.17, 15) is 0 Å². The lowest BCUT2D eigenvalue weighted by atomic mass is 10.0. The zero-order valence-electron chi connectivity index (χ0n) is 14.3. The van der Waals surface area contributed by atoms with Gasteiger partial charge in [-0.05, 0) is 40.2 Å². The van der Waals surface area contributed by atoms with Crippen LogP contribution in [0.4, 0.5) is 0 Å². The Bertz CT molecular complexity index is 477. The molecule has 1 unspecified atom stereocenters. The SMILES string of the molecule is CN=C(NCCN1CCCCC1C)NCc1nc(C)c(C)o1. The maximum atomic E-state index is 5.56. The molecule has 0 radical (unpaired) electrons. The van der Waals surface area contributed by atoms with Crippen LogP contribution in [-0.4, -0.2) is 48.6 Å². The van der Waals surface area contributed by atoms with Crippen molar-refractivity contribution in [2.75, 3.05) is 26.7 Å². The maximum Gasteiger partial charge on any atom is 0.214 e. The van der Waals surface area contributed by atoms with Gasteiger partial charge in [0, 0.05) is 26.2 Å². The third-order valence-electron chi connectivity index (χ3n) is 4.34. The number of nitrogens with one attached hydrogen (secondary N) is 2. The number of aryl methyl sites for hydroxylation is 2. The molecule has 0 aromatic carbocycles. The minimum atomic E-state index is 0.550. The molecule has 0 amide bonds. The van der Waals surface area contributed by atoms with Crippen LogP contribution in [0.1, 0.15) is 43.5 Å². The highest BCUT2D eigenvalue weighted by molar-refractivity contribution is 5.79. The van der Waals surface area contributed by atoms with Crippen molar-refractivity contribution in [1.82, 2.24) is 20.5 Å². The first-order valence-electron chi connectivity index (χ1n) is 8.21. The van der Waals surface area contributed by atoms with Gasteiger partial charge < -0.3 is 15.1 Å². The van der Waals surface area contributed by atoms with Gasteiger partial charge in [0.15, 0.2) is 5.96 Å². The molecule has 0 spiro atoms. The first kappa shape index (κ1) is 16.8. The van der Waals surface area contributed by atoms with Gasteiger partial charge in [0.2, 0.25) is 5.89 Å². The van der Waals surface area contributed by atoms with Gasteiger partial charge in [-0.2, -0.15) is 0 Å². The normalized spacial score (nSPS) is 20.2. The van der Waals surface area contributed by atoms with Crippen molar-refractivity contribution in [2.45, 2.75) is 52.6 Å². The van der Waals surface area contributed by atoms with Crippen LogP contribution in [0.3, 0.4) is 0 Å². The first-order valence-corrected chi connectivity index (χ1v) is 8.21. The highest BCUT2D eigenvalue weighted by atomic mass is 16.4. The second kappa shape index (κ2) is 8.17. The number of rotatable bonds is 5. The van der Waals surface area contributed by atoms with Crippen LogP contribution in [0, 0.1) is 13.8 Å². The summed E-state index contributed by atoms with van der Waals surface area (Å²) in [7, 11) is 1.78. The van der Waals surface area contributed by atoms with Crippen molar-refractivity contribution >= 4 is 5.96 Å². The Morgan fingerprint density at radius 1 is 1.36 bits per heavy atom. The maximum absolute atomic E-state index is 5.56. The number of aromatic nitrogens is 1. The van der Waals surface area contributed by atoms with Crippen LogP contribution in [-0.2, 0) is 6.54 Å². The fourth-order valence-electron chi connectivity index (χ4n) is 2.80. The number of hydrogen-bond donors (Lipinski definition) is 2. The van der Waals surface area contributed by atoms with E-state index in [0.717, 1.165) is 30.5 Å². The minimum Gasteiger partial charge on any atom is -0.444 e. The molecule has 6 heteroatoms. The second-order valence-corrected chi connectivity index (χ2v) is 5.98. The summed E-state index contributed by atoms with van der Waals surface area (Å²) >= 11 is 0. The topological polar surface area (TPSA) is 65.7 Å². The smallest absolute Gasteiger partial charge is 0.214 e. The van der Waals surface area contributed by atoms with E-state index in [1.807, 2.05) is 13.8 Å². The number of guanidine groups is 1. The Morgan fingerprint density at radius 2 is 2.18 bits per heavy atom. The highest BCUT2D eigenvalue weighted by Gasteiger charge is 2.17. The molecule has 6 nitrogen and oxygen atoms in total. The highest BCUT2D eigenvalue weighted by Crippen LogP contribution is 2.15. The predicted octanol–water partition coefficient (Wildman–Crippen LogP) is 1.83. The molecule has 1 aromatic rings. The Labute approximate surface area is 133 Å². The zero-order chi connectivity index (χ0) is 15.9. The molecule has 1 saturated heterocycles. The van der Waals surface area contributed by atoms with Crippen LogP contribution in [0.15, 0.2) is 9.41 Å². The van der Waals surface area contributed by atoms with Gasteiger partial charge in [0.1, 0.15) is 5.76 Å². The average molecular weight is 307 g/mol. The molecule has 0 aliphatic carbocycles. The Morgan fingerprint density at radius 3 is 2.82 bits per heavy atom. The van der Waals surface area contributed by atoms with Gasteiger partial charge in [-0.15, -0.1) is 0 Å². The molecular formula is C16H29N5O. The standard InChI is InChI=1S/C16H29N5O/c1-12-7-5-6-9-21(12)10-8-18-16(17-4)19-11-15-20-13(2)14(3)22-15/h12H,5-11H2,1-4H3,(H2,17,18,19). The molecule has 1 aliphatic rings. The van der Waals surface area contributed by atoms with E-state index in [0.29, 0.717) is 18.5 Å². The van der Waals surface area contributed by atoms with Gasteiger partial charge in [-0.25, -0.2) is 4.98 Å². The molecule has 0 saturated carbocycles. The van der Waals surface area contributed by atoms with Crippen molar-refractivity contribution in [1.29, 1.82) is 0 Å². The molecule has 124 valence electrons. The fraction of sp³-hybridized carbons (Fsp3) is 0.750. The number of oxazole rings is 1. The lowest BCUT2D eigenvalue weighted by molar-refractivity contribution is 0.163. The summed E-state index contributed by atoms with van der Waals surface area (Å²) < 4.78 is 5.56. The van der Waals surface area contributed by atoms with Gasteiger partial charge in [0.05, 0.1) is 12.2 Å². The molecule has 2 N–H and O–H groups in total. The van der Waals surface area contributed by atoms with Gasteiger partial charge in [0.25, 0.3) is 0 Å². The van der Waals surface area contributed by atoms with E-state index >= 15 is 0 Å².